The molecule has 1 atom stereocenters. The van der Waals surface area contributed by atoms with Gasteiger partial charge in [-0.2, -0.15) is 0 Å². The minimum atomic E-state index is -4.69. The highest BCUT2D eigenvalue weighted by molar-refractivity contribution is 5.49. The summed E-state index contributed by atoms with van der Waals surface area (Å²) in [4.78, 5) is 2.29. The van der Waals surface area contributed by atoms with E-state index in [0.717, 1.165) is 63.2 Å². The number of ether oxygens (including phenoxy) is 4. The average molecular weight is 437 g/mol. The summed E-state index contributed by atoms with van der Waals surface area (Å²) in [5, 5.41) is 0. The summed E-state index contributed by atoms with van der Waals surface area (Å²) in [6, 6.07) is 13.6. The zero-order valence-electron chi connectivity index (χ0n) is 17.1. The minimum Gasteiger partial charge on any atom is -0.490 e. The van der Waals surface area contributed by atoms with Crippen molar-refractivity contribution in [1.29, 1.82) is 0 Å². The number of rotatable bonds is 6. The molecule has 0 saturated carbocycles. The summed E-state index contributed by atoms with van der Waals surface area (Å²) >= 11 is 0. The van der Waals surface area contributed by atoms with Crippen molar-refractivity contribution in [3.8, 4) is 17.2 Å². The number of piperidine rings is 1. The Morgan fingerprint density at radius 2 is 1.39 bits per heavy atom. The first-order valence-corrected chi connectivity index (χ1v) is 10.6. The normalized spacial score (nSPS) is 20.4. The van der Waals surface area contributed by atoms with Crippen molar-refractivity contribution in [3.63, 3.8) is 0 Å². The van der Waals surface area contributed by atoms with Crippen LogP contribution in [0.15, 0.2) is 48.5 Å². The van der Waals surface area contributed by atoms with E-state index in [1.54, 1.807) is 0 Å². The summed E-state index contributed by atoms with van der Waals surface area (Å²) in [6.07, 6.45) is -0.0135. The quantitative estimate of drug-likeness (QED) is 0.594. The van der Waals surface area contributed by atoms with Crippen molar-refractivity contribution in [1.82, 2.24) is 0 Å². The van der Waals surface area contributed by atoms with Gasteiger partial charge in [0.2, 0.25) is 0 Å². The van der Waals surface area contributed by atoms with Gasteiger partial charge in [0, 0.05) is 38.0 Å². The number of anilines is 1. The van der Waals surface area contributed by atoms with Crippen LogP contribution in [0.4, 0.5) is 18.9 Å². The Bertz CT molecular complexity index is 812. The molecule has 4 rings (SSSR count). The third-order valence-corrected chi connectivity index (χ3v) is 5.41. The molecule has 0 aliphatic carbocycles. The molecule has 0 aromatic heterocycles. The third-order valence-electron chi connectivity index (χ3n) is 5.41. The van der Waals surface area contributed by atoms with E-state index in [9.17, 15) is 13.2 Å². The van der Waals surface area contributed by atoms with Crippen molar-refractivity contribution >= 4 is 5.69 Å². The van der Waals surface area contributed by atoms with Crippen LogP contribution in [0.1, 0.15) is 32.1 Å². The Labute approximate surface area is 179 Å². The van der Waals surface area contributed by atoms with Gasteiger partial charge in [0.1, 0.15) is 23.4 Å². The number of hydrogen-bond donors (Lipinski definition) is 0. The second-order valence-electron chi connectivity index (χ2n) is 7.73. The monoisotopic (exact) mass is 437 g/mol. The van der Waals surface area contributed by atoms with Gasteiger partial charge in [-0.1, -0.05) is 0 Å². The summed E-state index contributed by atoms with van der Waals surface area (Å²) in [6.45, 7) is 2.43. The van der Waals surface area contributed by atoms with Gasteiger partial charge < -0.3 is 23.8 Å². The lowest BCUT2D eigenvalue weighted by atomic mass is 10.1. The van der Waals surface area contributed by atoms with E-state index in [0.29, 0.717) is 5.75 Å². The zero-order chi connectivity index (χ0) is 21.7. The lowest BCUT2D eigenvalue weighted by Crippen LogP contribution is -2.38. The van der Waals surface area contributed by atoms with Gasteiger partial charge in [-0.25, -0.2) is 0 Å². The van der Waals surface area contributed by atoms with Crippen molar-refractivity contribution in [2.45, 2.75) is 50.9 Å². The molecular weight excluding hydrogens is 411 g/mol. The van der Waals surface area contributed by atoms with Crippen LogP contribution in [-0.4, -0.2) is 38.5 Å². The van der Waals surface area contributed by atoms with Gasteiger partial charge in [0.15, 0.2) is 6.29 Å². The van der Waals surface area contributed by atoms with Crippen molar-refractivity contribution < 1.29 is 32.1 Å². The maximum Gasteiger partial charge on any atom is 0.573 e. The SMILES string of the molecule is FC(F)(F)Oc1ccc(OC2CCN(c3ccc(OC4CCCCO4)cc3)CC2)cc1. The van der Waals surface area contributed by atoms with Crippen LogP contribution >= 0.6 is 0 Å². The molecule has 2 aromatic rings. The largest absolute Gasteiger partial charge is 0.573 e. The predicted molar refractivity (Wildman–Crippen MR) is 110 cm³/mol. The number of nitrogens with zero attached hydrogens (tertiary/aromatic N) is 1. The van der Waals surface area contributed by atoms with Crippen molar-refractivity contribution in [2.75, 3.05) is 24.6 Å². The highest BCUT2D eigenvalue weighted by atomic mass is 19.4. The second-order valence-corrected chi connectivity index (χ2v) is 7.73. The highest BCUT2D eigenvalue weighted by Gasteiger charge is 2.31. The molecule has 0 radical (unpaired) electrons. The van der Waals surface area contributed by atoms with Crippen LogP contribution < -0.4 is 19.1 Å². The first-order chi connectivity index (χ1) is 14.9. The molecule has 0 N–H and O–H groups in total. The molecule has 0 amide bonds. The van der Waals surface area contributed by atoms with Crippen molar-refractivity contribution in [3.05, 3.63) is 48.5 Å². The van der Waals surface area contributed by atoms with Gasteiger partial charge >= 0.3 is 6.36 Å². The van der Waals surface area contributed by atoms with Gasteiger partial charge in [0.25, 0.3) is 0 Å². The Hall–Kier alpha value is -2.61. The van der Waals surface area contributed by atoms with Crippen LogP contribution in [-0.2, 0) is 4.74 Å². The van der Waals surface area contributed by atoms with Gasteiger partial charge in [-0.05, 0) is 61.4 Å². The molecule has 2 fully saturated rings. The summed E-state index contributed by atoms with van der Waals surface area (Å²) < 4.78 is 58.1. The second kappa shape index (κ2) is 9.68. The fourth-order valence-corrected chi connectivity index (χ4v) is 3.84. The molecule has 5 nitrogen and oxygen atoms in total. The Morgan fingerprint density at radius 3 is 2.00 bits per heavy atom. The van der Waals surface area contributed by atoms with Gasteiger partial charge in [-0.15, -0.1) is 13.2 Å². The van der Waals surface area contributed by atoms with Gasteiger partial charge in [0.05, 0.1) is 6.61 Å². The van der Waals surface area contributed by atoms with Crippen LogP contribution in [0.25, 0.3) is 0 Å². The molecule has 2 aliphatic rings. The fourth-order valence-electron chi connectivity index (χ4n) is 3.84. The molecule has 0 bridgehead atoms. The molecule has 8 heteroatoms. The third kappa shape index (κ3) is 6.43. The van der Waals surface area contributed by atoms with E-state index in [1.807, 2.05) is 12.1 Å². The van der Waals surface area contributed by atoms with Crippen LogP contribution in [0.2, 0.25) is 0 Å². The maximum atomic E-state index is 12.2. The molecule has 2 heterocycles. The lowest BCUT2D eigenvalue weighted by Gasteiger charge is -2.34. The number of halogens is 3. The first-order valence-electron chi connectivity index (χ1n) is 10.6. The van der Waals surface area contributed by atoms with E-state index in [2.05, 4.69) is 21.8 Å². The molecule has 2 aliphatic heterocycles. The Kier molecular flexibility index (Phi) is 6.75. The number of hydrogen-bond acceptors (Lipinski definition) is 5. The molecule has 31 heavy (non-hydrogen) atoms. The van der Waals surface area contributed by atoms with Crippen molar-refractivity contribution in [2.24, 2.45) is 0 Å². The van der Waals surface area contributed by atoms with Crippen LogP contribution in [0.3, 0.4) is 0 Å². The standard InChI is InChI=1S/C23H26F3NO4/c24-23(25,26)31-21-10-8-18(9-11-21)29-20-12-14-27(15-13-20)17-4-6-19(7-5-17)30-22-3-1-2-16-28-22/h4-11,20,22H,1-3,12-16H2. The minimum absolute atomic E-state index is 0.0247. The average Bonchev–Trinajstić information content (AvgIpc) is 2.76. The molecule has 168 valence electrons. The molecule has 2 aromatic carbocycles. The van der Waals surface area contributed by atoms with E-state index >= 15 is 0 Å². The van der Waals surface area contributed by atoms with E-state index in [4.69, 9.17) is 14.2 Å². The topological polar surface area (TPSA) is 40.2 Å². The maximum absolute atomic E-state index is 12.2. The molecule has 1 unspecified atom stereocenters. The smallest absolute Gasteiger partial charge is 0.490 e. The predicted octanol–water partition coefficient (Wildman–Crippen LogP) is 5.54. The highest BCUT2D eigenvalue weighted by Crippen LogP contribution is 2.28. The molecule has 0 spiro atoms. The zero-order valence-corrected chi connectivity index (χ0v) is 17.1. The molecular formula is C23H26F3NO4. The van der Waals surface area contributed by atoms with E-state index in [1.165, 1.54) is 24.3 Å². The first kappa shape index (κ1) is 21.6. The van der Waals surface area contributed by atoms with Crippen LogP contribution in [0, 0.1) is 0 Å². The fraction of sp³-hybridized carbons (Fsp3) is 0.478. The van der Waals surface area contributed by atoms with Gasteiger partial charge in [-0.3, -0.25) is 0 Å². The number of benzene rings is 2. The van der Waals surface area contributed by atoms with Crippen LogP contribution in [0.5, 0.6) is 17.2 Å². The van der Waals surface area contributed by atoms with E-state index < -0.39 is 6.36 Å². The Morgan fingerprint density at radius 1 is 0.774 bits per heavy atom. The molecule has 2 saturated heterocycles. The summed E-state index contributed by atoms with van der Waals surface area (Å²) in [7, 11) is 0. The number of alkyl halides is 3. The van der Waals surface area contributed by atoms with E-state index in [-0.39, 0.29) is 18.1 Å². The summed E-state index contributed by atoms with van der Waals surface area (Å²) in [5.41, 5.74) is 1.13. The lowest BCUT2D eigenvalue weighted by molar-refractivity contribution is -0.274. The summed E-state index contributed by atoms with van der Waals surface area (Å²) in [5.74, 6) is 1.10. The Balaban J connectivity index is 1.24.